The lowest BCUT2D eigenvalue weighted by Crippen LogP contribution is -2.56. The summed E-state index contributed by atoms with van der Waals surface area (Å²) in [6.45, 7) is 1.17. The van der Waals surface area contributed by atoms with Gasteiger partial charge < -0.3 is 20.6 Å². The van der Waals surface area contributed by atoms with Crippen LogP contribution in [0, 0.1) is 16.7 Å². The highest BCUT2D eigenvalue weighted by Gasteiger charge is 2.60. The summed E-state index contributed by atoms with van der Waals surface area (Å²) in [4.78, 5) is 34.0. The molecule has 1 saturated carbocycles. The predicted molar refractivity (Wildman–Crippen MR) is 137 cm³/mol. The van der Waals surface area contributed by atoms with E-state index in [0.29, 0.717) is 22.9 Å². The Morgan fingerprint density at radius 1 is 1.14 bits per heavy atom. The van der Waals surface area contributed by atoms with Gasteiger partial charge in [0.15, 0.2) is 0 Å². The van der Waals surface area contributed by atoms with Crippen molar-refractivity contribution >= 4 is 51.9 Å². The first kappa shape index (κ1) is 23.5. The van der Waals surface area contributed by atoms with Crippen LogP contribution in [0.1, 0.15) is 32.1 Å². The Hall–Kier alpha value is -3.23. The maximum Gasteiger partial charge on any atom is 0.273 e. The fourth-order valence-electron chi connectivity index (χ4n) is 5.27. The Balaban J connectivity index is 1.51. The van der Waals surface area contributed by atoms with Crippen molar-refractivity contribution in [2.24, 2.45) is 22.1 Å². The third-order valence-electron chi connectivity index (χ3n) is 7.29. The van der Waals surface area contributed by atoms with Gasteiger partial charge in [-0.2, -0.15) is 0 Å². The number of nitrogens with zero attached hydrogens (tertiary/aromatic N) is 3. The largest absolute Gasteiger partial charge is 0.374 e. The summed E-state index contributed by atoms with van der Waals surface area (Å²) in [6.07, 6.45) is 3.82. The van der Waals surface area contributed by atoms with Gasteiger partial charge in [-0.05, 0) is 74.6 Å². The molecule has 182 valence electrons. The molecular weight excluding hydrogens is 466 g/mol. The molecule has 35 heavy (non-hydrogen) atoms. The van der Waals surface area contributed by atoms with Crippen molar-refractivity contribution in [2.45, 2.75) is 38.3 Å². The topological polar surface area (TPSA) is 123 Å². The maximum absolute atomic E-state index is 13.8. The zero-order valence-corrected chi connectivity index (χ0v) is 20.0. The first-order chi connectivity index (χ1) is 16.8. The summed E-state index contributed by atoms with van der Waals surface area (Å²) >= 11 is 6.13. The molecule has 1 aliphatic carbocycles. The van der Waals surface area contributed by atoms with Crippen LogP contribution in [0.4, 0.5) is 17.1 Å². The quantitative estimate of drug-likeness (QED) is 0.550. The standard InChI is InChI=1S/C26H28ClN5O3/c27-16-4-3-5-17(14-16)30-23-21(22(28)24(29)34)26(11-12-26)15-32(25(23)35)19-9-7-18(8-10-19)31-13-2-1-6-20(31)33/h3-5,7-10,14,20-21,28,33H,1-2,6,11-13,15H2,(H2,29,34). The van der Waals surface area contributed by atoms with E-state index < -0.39 is 23.5 Å². The zero-order valence-electron chi connectivity index (χ0n) is 19.3. The third kappa shape index (κ3) is 4.44. The molecule has 0 radical (unpaired) electrons. The molecule has 2 unspecified atom stereocenters. The van der Waals surface area contributed by atoms with Gasteiger partial charge in [0.2, 0.25) is 0 Å². The number of hydrogen-bond acceptors (Lipinski definition) is 6. The molecule has 2 amide bonds. The van der Waals surface area contributed by atoms with Crippen molar-refractivity contribution in [2.75, 3.05) is 22.9 Å². The number of primary amides is 1. The number of rotatable bonds is 5. The number of anilines is 2. The fraction of sp³-hybridized carbons (Fsp3) is 0.385. The lowest BCUT2D eigenvalue weighted by Gasteiger charge is -2.39. The number of hydrogen-bond donors (Lipinski definition) is 3. The van der Waals surface area contributed by atoms with E-state index in [1.807, 2.05) is 29.2 Å². The van der Waals surface area contributed by atoms with Crippen molar-refractivity contribution in [1.29, 1.82) is 5.41 Å². The molecule has 3 aliphatic rings. The first-order valence-electron chi connectivity index (χ1n) is 11.9. The van der Waals surface area contributed by atoms with Crippen molar-refractivity contribution in [3.63, 3.8) is 0 Å². The molecule has 5 rings (SSSR count). The van der Waals surface area contributed by atoms with E-state index in [9.17, 15) is 14.7 Å². The van der Waals surface area contributed by atoms with Crippen molar-refractivity contribution in [1.82, 2.24) is 0 Å². The molecule has 2 heterocycles. The normalized spacial score (nSPS) is 24.6. The second kappa shape index (κ2) is 9.09. The Bertz CT molecular complexity index is 1210. The van der Waals surface area contributed by atoms with Crippen molar-refractivity contribution < 1.29 is 14.7 Å². The Labute approximate surface area is 208 Å². The number of nitrogens with two attached hydrogens (primary N) is 1. The number of aliphatic hydroxyl groups excluding tert-OH is 1. The number of nitrogens with one attached hydrogen (secondary N) is 1. The third-order valence-corrected chi connectivity index (χ3v) is 7.53. The number of carbonyl (C=O) groups excluding carboxylic acids is 2. The van der Waals surface area contributed by atoms with Crippen molar-refractivity contribution in [3.05, 3.63) is 53.6 Å². The summed E-state index contributed by atoms with van der Waals surface area (Å²) < 4.78 is 0. The molecule has 2 atom stereocenters. The van der Waals surface area contributed by atoms with Gasteiger partial charge in [-0.3, -0.25) is 15.0 Å². The highest BCUT2D eigenvalue weighted by molar-refractivity contribution is 6.54. The molecule has 4 N–H and O–H groups in total. The van der Waals surface area contributed by atoms with E-state index in [1.165, 1.54) is 0 Å². The number of halogens is 1. The minimum Gasteiger partial charge on any atom is -0.374 e. The van der Waals surface area contributed by atoms with Gasteiger partial charge in [-0.25, -0.2) is 4.99 Å². The van der Waals surface area contributed by atoms with Gasteiger partial charge in [-0.15, -0.1) is 0 Å². The monoisotopic (exact) mass is 493 g/mol. The van der Waals surface area contributed by atoms with Crippen LogP contribution >= 0.6 is 11.6 Å². The molecule has 2 saturated heterocycles. The molecular formula is C26H28ClN5O3. The SMILES string of the molecule is N=C(C(N)=O)C1C(=Nc2cccc(Cl)c2)C(=O)N(c2ccc(N3CCCCC3O)cc2)CC12CC2. The van der Waals surface area contributed by atoms with Crippen LogP contribution in [0.3, 0.4) is 0 Å². The Morgan fingerprint density at radius 3 is 2.49 bits per heavy atom. The van der Waals surface area contributed by atoms with Crippen LogP contribution in [-0.4, -0.2) is 47.7 Å². The van der Waals surface area contributed by atoms with Gasteiger partial charge in [-0.1, -0.05) is 17.7 Å². The number of aliphatic imine (C=N–C) groups is 1. The average molecular weight is 494 g/mol. The molecule has 9 heteroatoms. The minimum absolute atomic E-state index is 0.135. The first-order valence-corrected chi connectivity index (χ1v) is 12.3. The Morgan fingerprint density at radius 2 is 1.86 bits per heavy atom. The minimum atomic E-state index is -0.842. The second-order valence-electron chi connectivity index (χ2n) is 9.63. The molecule has 0 aromatic heterocycles. The van der Waals surface area contributed by atoms with Gasteiger partial charge in [0.05, 0.1) is 11.6 Å². The molecule has 2 aromatic rings. The number of aliphatic hydroxyl groups is 1. The molecule has 8 nitrogen and oxygen atoms in total. The maximum atomic E-state index is 13.8. The van der Waals surface area contributed by atoms with E-state index in [0.717, 1.165) is 44.3 Å². The summed E-state index contributed by atoms with van der Waals surface area (Å²) in [5.41, 5.74) is 7.00. The van der Waals surface area contributed by atoms with E-state index in [-0.39, 0.29) is 17.3 Å². The number of carbonyl (C=O) groups is 2. The van der Waals surface area contributed by atoms with Gasteiger partial charge in [0.25, 0.3) is 11.8 Å². The van der Waals surface area contributed by atoms with Crippen LogP contribution in [0.2, 0.25) is 5.02 Å². The van der Waals surface area contributed by atoms with E-state index in [2.05, 4.69) is 4.99 Å². The highest BCUT2D eigenvalue weighted by Crippen LogP contribution is 2.56. The van der Waals surface area contributed by atoms with Crippen molar-refractivity contribution in [3.8, 4) is 0 Å². The lowest BCUT2D eigenvalue weighted by molar-refractivity contribution is -0.113. The van der Waals surface area contributed by atoms with Gasteiger partial charge in [0.1, 0.15) is 17.7 Å². The summed E-state index contributed by atoms with van der Waals surface area (Å²) in [5.74, 6) is -1.96. The predicted octanol–water partition coefficient (Wildman–Crippen LogP) is 3.67. The number of amides is 2. The molecule has 2 aromatic carbocycles. The van der Waals surface area contributed by atoms with E-state index >= 15 is 0 Å². The van der Waals surface area contributed by atoms with Crippen LogP contribution in [-0.2, 0) is 9.59 Å². The average Bonchev–Trinajstić information content (AvgIpc) is 3.61. The van der Waals surface area contributed by atoms with Gasteiger partial charge >= 0.3 is 0 Å². The van der Waals surface area contributed by atoms with Crippen LogP contribution in [0.15, 0.2) is 53.5 Å². The van der Waals surface area contributed by atoms with Crippen LogP contribution < -0.4 is 15.5 Å². The molecule has 1 spiro atoms. The summed E-state index contributed by atoms with van der Waals surface area (Å²) in [6, 6.07) is 14.4. The fourth-order valence-corrected chi connectivity index (χ4v) is 5.45. The number of piperidine rings is 2. The van der Waals surface area contributed by atoms with E-state index in [4.69, 9.17) is 22.7 Å². The second-order valence-corrected chi connectivity index (χ2v) is 10.1. The smallest absolute Gasteiger partial charge is 0.273 e. The molecule has 3 fully saturated rings. The van der Waals surface area contributed by atoms with Gasteiger partial charge in [0, 0.05) is 34.9 Å². The molecule has 2 aliphatic heterocycles. The summed E-state index contributed by atoms with van der Waals surface area (Å²) in [5, 5.41) is 19.2. The van der Waals surface area contributed by atoms with Crippen LogP contribution in [0.5, 0.6) is 0 Å². The Kier molecular flexibility index (Phi) is 6.11. The molecule has 0 bridgehead atoms. The lowest BCUT2D eigenvalue weighted by atomic mass is 9.76. The number of benzene rings is 2. The summed E-state index contributed by atoms with van der Waals surface area (Å²) in [7, 11) is 0. The van der Waals surface area contributed by atoms with Crippen LogP contribution in [0.25, 0.3) is 0 Å². The highest BCUT2D eigenvalue weighted by atomic mass is 35.5. The zero-order chi connectivity index (χ0) is 24.7. The van der Waals surface area contributed by atoms with E-state index in [1.54, 1.807) is 29.2 Å².